The third-order valence-corrected chi connectivity index (χ3v) is 3.25. The zero-order chi connectivity index (χ0) is 12.4. The van der Waals surface area contributed by atoms with Crippen molar-refractivity contribution in [3.05, 3.63) is 28.5 Å². The van der Waals surface area contributed by atoms with E-state index in [2.05, 4.69) is 26.2 Å². The van der Waals surface area contributed by atoms with Crippen molar-refractivity contribution in [2.75, 3.05) is 0 Å². The first-order chi connectivity index (χ1) is 8.06. The van der Waals surface area contributed by atoms with Crippen LogP contribution in [0.15, 0.2) is 22.8 Å². The summed E-state index contributed by atoms with van der Waals surface area (Å²) in [5.74, 6) is -1.37. The predicted octanol–water partition coefficient (Wildman–Crippen LogP) is 1.44. The van der Waals surface area contributed by atoms with E-state index in [0.29, 0.717) is 18.5 Å². The van der Waals surface area contributed by atoms with Crippen LogP contribution in [0, 0.1) is 5.92 Å². The van der Waals surface area contributed by atoms with Crippen molar-refractivity contribution in [2.45, 2.75) is 18.9 Å². The third kappa shape index (κ3) is 2.82. The van der Waals surface area contributed by atoms with E-state index >= 15 is 0 Å². The number of nitrogens with zero attached hydrogens (tertiary/aromatic N) is 1. The molecule has 0 spiro atoms. The summed E-state index contributed by atoms with van der Waals surface area (Å²) in [7, 11) is 0. The van der Waals surface area contributed by atoms with Gasteiger partial charge in [0.2, 0.25) is 0 Å². The average molecular weight is 299 g/mol. The lowest BCUT2D eigenvalue weighted by Crippen LogP contribution is -2.46. The molecule has 0 bridgehead atoms. The number of pyridine rings is 1. The summed E-state index contributed by atoms with van der Waals surface area (Å²) < 4.78 is 0.809. The normalized spacial score (nSPS) is 22.6. The van der Waals surface area contributed by atoms with Gasteiger partial charge in [0.1, 0.15) is 5.69 Å². The number of carboxylic acid groups (broad SMARTS) is 1. The van der Waals surface area contributed by atoms with Crippen LogP contribution in [-0.2, 0) is 4.79 Å². The van der Waals surface area contributed by atoms with Crippen molar-refractivity contribution in [1.82, 2.24) is 10.3 Å². The molecule has 1 fully saturated rings. The third-order valence-electron chi connectivity index (χ3n) is 2.78. The summed E-state index contributed by atoms with van der Waals surface area (Å²) >= 11 is 3.23. The summed E-state index contributed by atoms with van der Waals surface area (Å²) in [4.78, 5) is 26.3. The van der Waals surface area contributed by atoms with Crippen molar-refractivity contribution >= 4 is 27.8 Å². The van der Waals surface area contributed by atoms with E-state index < -0.39 is 5.97 Å². The van der Waals surface area contributed by atoms with Gasteiger partial charge in [-0.3, -0.25) is 9.59 Å². The van der Waals surface area contributed by atoms with Gasteiger partial charge >= 0.3 is 5.97 Å². The number of carboxylic acids is 1. The number of aliphatic carboxylic acids is 1. The molecule has 0 aromatic carbocycles. The highest BCUT2D eigenvalue weighted by molar-refractivity contribution is 9.10. The van der Waals surface area contributed by atoms with Gasteiger partial charge in [-0.1, -0.05) is 0 Å². The van der Waals surface area contributed by atoms with Gasteiger partial charge in [0, 0.05) is 16.7 Å². The van der Waals surface area contributed by atoms with Crippen LogP contribution in [0.25, 0.3) is 0 Å². The first-order valence-corrected chi connectivity index (χ1v) is 6.01. The van der Waals surface area contributed by atoms with Crippen molar-refractivity contribution in [2.24, 2.45) is 5.92 Å². The van der Waals surface area contributed by atoms with Crippen LogP contribution in [0.2, 0.25) is 0 Å². The molecule has 0 radical (unpaired) electrons. The van der Waals surface area contributed by atoms with Crippen LogP contribution < -0.4 is 5.32 Å². The summed E-state index contributed by atoms with van der Waals surface area (Å²) in [5, 5.41) is 11.5. The molecule has 17 heavy (non-hydrogen) atoms. The Balaban J connectivity index is 1.87. The first kappa shape index (κ1) is 12.0. The van der Waals surface area contributed by atoms with Gasteiger partial charge < -0.3 is 10.4 Å². The van der Waals surface area contributed by atoms with E-state index in [1.54, 1.807) is 18.3 Å². The van der Waals surface area contributed by atoms with Crippen LogP contribution in [0.1, 0.15) is 23.3 Å². The maximum atomic E-state index is 11.7. The maximum absolute atomic E-state index is 11.7. The van der Waals surface area contributed by atoms with Gasteiger partial charge in [0.05, 0.1) is 5.92 Å². The number of amides is 1. The maximum Gasteiger partial charge on any atom is 0.306 e. The van der Waals surface area contributed by atoms with Crippen LogP contribution >= 0.6 is 15.9 Å². The molecule has 1 aromatic heterocycles. The SMILES string of the molecule is O=C(NC1CC(C(=O)O)C1)c1ccc(Br)cn1. The quantitative estimate of drug-likeness (QED) is 0.885. The molecule has 1 heterocycles. The number of nitrogens with one attached hydrogen (secondary N) is 1. The molecule has 1 aromatic rings. The van der Waals surface area contributed by atoms with Crippen LogP contribution in [0.4, 0.5) is 0 Å². The van der Waals surface area contributed by atoms with Gasteiger partial charge in [-0.2, -0.15) is 0 Å². The van der Waals surface area contributed by atoms with E-state index in [9.17, 15) is 9.59 Å². The minimum atomic E-state index is -0.794. The monoisotopic (exact) mass is 298 g/mol. The Morgan fingerprint density at radius 1 is 1.41 bits per heavy atom. The molecular weight excluding hydrogens is 288 g/mol. The highest BCUT2D eigenvalue weighted by Crippen LogP contribution is 2.27. The first-order valence-electron chi connectivity index (χ1n) is 5.21. The standard InChI is InChI=1S/C11H11BrN2O3/c12-7-1-2-9(13-5-7)10(15)14-8-3-6(4-8)11(16)17/h1-2,5-6,8H,3-4H2,(H,14,15)(H,16,17). The largest absolute Gasteiger partial charge is 0.481 e. The van der Waals surface area contributed by atoms with E-state index in [4.69, 9.17) is 5.11 Å². The molecule has 6 heteroatoms. The van der Waals surface area contributed by atoms with Gasteiger partial charge in [0.25, 0.3) is 5.91 Å². The van der Waals surface area contributed by atoms with Crippen LogP contribution in [-0.4, -0.2) is 28.0 Å². The molecule has 1 aliphatic rings. The Morgan fingerprint density at radius 3 is 2.65 bits per heavy atom. The molecule has 2 N–H and O–H groups in total. The number of hydrogen-bond acceptors (Lipinski definition) is 3. The fourth-order valence-electron chi connectivity index (χ4n) is 1.71. The summed E-state index contributed by atoms with van der Waals surface area (Å²) in [6.45, 7) is 0. The molecule has 5 nitrogen and oxygen atoms in total. The number of halogens is 1. The molecular formula is C11H11BrN2O3. The lowest BCUT2D eigenvalue weighted by Gasteiger charge is -2.32. The Hall–Kier alpha value is -1.43. The second-order valence-corrected chi connectivity index (χ2v) is 4.95. The van der Waals surface area contributed by atoms with Crippen molar-refractivity contribution in [1.29, 1.82) is 0 Å². The zero-order valence-electron chi connectivity index (χ0n) is 8.89. The number of aromatic nitrogens is 1. The highest BCUT2D eigenvalue weighted by atomic mass is 79.9. The number of carbonyl (C=O) groups excluding carboxylic acids is 1. The fourth-order valence-corrected chi connectivity index (χ4v) is 1.94. The Kier molecular flexibility index (Phi) is 3.42. The van der Waals surface area contributed by atoms with E-state index in [1.807, 2.05) is 0 Å². The molecule has 90 valence electrons. The Labute approximate surface area is 106 Å². The molecule has 0 atom stereocenters. The van der Waals surface area contributed by atoms with E-state index in [-0.39, 0.29) is 17.9 Å². The second kappa shape index (κ2) is 4.83. The number of rotatable bonds is 3. The summed E-state index contributed by atoms with van der Waals surface area (Å²) in [6, 6.07) is 3.31. The van der Waals surface area contributed by atoms with Gasteiger partial charge in [-0.25, -0.2) is 4.98 Å². The average Bonchev–Trinajstić information content (AvgIpc) is 2.23. The topological polar surface area (TPSA) is 79.3 Å². The molecule has 0 saturated heterocycles. The molecule has 1 saturated carbocycles. The molecule has 2 rings (SSSR count). The van der Waals surface area contributed by atoms with E-state index in [1.165, 1.54) is 0 Å². The summed E-state index contributed by atoms with van der Waals surface area (Å²) in [6.07, 6.45) is 2.55. The Morgan fingerprint density at radius 2 is 2.12 bits per heavy atom. The molecule has 1 aliphatic carbocycles. The van der Waals surface area contributed by atoms with Gasteiger partial charge in [0.15, 0.2) is 0 Å². The zero-order valence-corrected chi connectivity index (χ0v) is 10.5. The molecule has 1 amide bonds. The van der Waals surface area contributed by atoms with Crippen molar-refractivity contribution in [3.8, 4) is 0 Å². The molecule has 0 aliphatic heterocycles. The molecule has 0 unspecified atom stereocenters. The number of hydrogen-bond donors (Lipinski definition) is 2. The van der Waals surface area contributed by atoms with Gasteiger partial charge in [-0.05, 0) is 40.9 Å². The fraction of sp³-hybridized carbons (Fsp3) is 0.364. The lowest BCUT2D eigenvalue weighted by molar-refractivity contribution is -0.145. The minimum absolute atomic E-state index is 0.0472. The van der Waals surface area contributed by atoms with E-state index in [0.717, 1.165) is 4.47 Å². The highest BCUT2D eigenvalue weighted by Gasteiger charge is 2.35. The predicted molar refractivity (Wildman–Crippen MR) is 63.6 cm³/mol. The van der Waals surface area contributed by atoms with Crippen LogP contribution in [0.5, 0.6) is 0 Å². The van der Waals surface area contributed by atoms with Crippen LogP contribution in [0.3, 0.4) is 0 Å². The van der Waals surface area contributed by atoms with Crippen molar-refractivity contribution in [3.63, 3.8) is 0 Å². The number of carbonyl (C=O) groups is 2. The second-order valence-electron chi connectivity index (χ2n) is 4.04. The smallest absolute Gasteiger partial charge is 0.306 e. The summed E-state index contributed by atoms with van der Waals surface area (Å²) in [5.41, 5.74) is 0.340. The van der Waals surface area contributed by atoms with Gasteiger partial charge in [-0.15, -0.1) is 0 Å². The lowest BCUT2D eigenvalue weighted by atomic mass is 9.80. The minimum Gasteiger partial charge on any atom is -0.481 e. The van der Waals surface area contributed by atoms with Crippen molar-refractivity contribution < 1.29 is 14.7 Å². The Bertz CT molecular complexity index is 441.